The van der Waals surface area contributed by atoms with Gasteiger partial charge >= 0.3 is 6.09 Å². The molecule has 2 aromatic rings. The van der Waals surface area contributed by atoms with E-state index in [-0.39, 0.29) is 6.09 Å². The third kappa shape index (κ3) is 3.13. The minimum Gasteiger partial charge on any atom is -0.444 e. The van der Waals surface area contributed by atoms with Crippen LogP contribution in [0.4, 0.5) is 4.79 Å². The van der Waals surface area contributed by atoms with Crippen molar-refractivity contribution in [2.24, 2.45) is 0 Å². The highest BCUT2D eigenvalue weighted by atomic mass is 16.6. The van der Waals surface area contributed by atoms with Crippen LogP contribution in [0.5, 0.6) is 0 Å². The summed E-state index contributed by atoms with van der Waals surface area (Å²) in [5.74, 6) is 0. The largest absolute Gasteiger partial charge is 0.444 e. The predicted octanol–water partition coefficient (Wildman–Crippen LogP) is 3.78. The van der Waals surface area contributed by atoms with E-state index in [1.54, 1.807) is 4.90 Å². The Kier molecular flexibility index (Phi) is 4.06. The zero-order valence-corrected chi connectivity index (χ0v) is 14.2. The average Bonchev–Trinajstić information content (AvgIpc) is 2.91. The number of rotatable bonds is 1. The normalized spacial score (nSPS) is 14.0. The minimum absolute atomic E-state index is 0.310. The Morgan fingerprint density at radius 1 is 1.21 bits per heavy atom. The van der Waals surface area contributed by atoms with Crippen molar-refractivity contribution in [3.63, 3.8) is 0 Å². The number of amides is 1. The van der Waals surface area contributed by atoms with Gasteiger partial charge in [-0.1, -0.05) is 30.3 Å². The van der Waals surface area contributed by atoms with Gasteiger partial charge in [0.25, 0.3) is 0 Å². The van der Waals surface area contributed by atoms with Gasteiger partial charge in [-0.05, 0) is 32.4 Å². The highest BCUT2D eigenvalue weighted by Gasteiger charge is 2.28. The number of aromatic nitrogens is 1. The maximum Gasteiger partial charge on any atom is 0.410 e. The minimum atomic E-state index is -0.510. The van der Waals surface area contributed by atoms with Crippen molar-refractivity contribution in [1.29, 1.82) is 5.26 Å². The third-order valence-electron chi connectivity index (χ3n) is 3.95. The summed E-state index contributed by atoms with van der Waals surface area (Å²) in [4.78, 5) is 14.0. The van der Waals surface area contributed by atoms with E-state index in [0.29, 0.717) is 25.2 Å². The number of hydrogen-bond acceptors (Lipinski definition) is 3. The summed E-state index contributed by atoms with van der Waals surface area (Å²) < 4.78 is 7.59. The van der Waals surface area contributed by atoms with Crippen LogP contribution in [0.2, 0.25) is 0 Å². The first-order chi connectivity index (χ1) is 11.4. The van der Waals surface area contributed by atoms with Crippen molar-refractivity contribution in [2.45, 2.75) is 39.5 Å². The van der Waals surface area contributed by atoms with Gasteiger partial charge in [0.05, 0.1) is 17.8 Å². The molecule has 1 aliphatic rings. The molecule has 24 heavy (non-hydrogen) atoms. The number of nitriles is 1. The molecule has 0 radical (unpaired) electrons. The van der Waals surface area contributed by atoms with Gasteiger partial charge in [0, 0.05) is 18.8 Å². The maximum absolute atomic E-state index is 12.3. The Balaban J connectivity index is 1.91. The van der Waals surface area contributed by atoms with Crippen LogP contribution in [-0.2, 0) is 17.8 Å². The molecule has 3 rings (SSSR count). The van der Waals surface area contributed by atoms with Crippen LogP contribution in [0.25, 0.3) is 11.3 Å². The lowest BCUT2D eigenvalue weighted by Gasteiger charge is -2.31. The third-order valence-corrected chi connectivity index (χ3v) is 3.95. The summed E-state index contributed by atoms with van der Waals surface area (Å²) in [5, 5.41) is 9.49. The van der Waals surface area contributed by atoms with E-state index in [2.05, 4.69) is 10.6 Å². The molecule has 1 amide bonds. The Bertz CT molecular complexity index is 794. The zero-order valence-electron chi connectivity index (χ0n) is 14.2. The lowest BCUT2D eigenvalue weighted by atomic mass is 10.1. The highest BCUT2D eigenvalue weighted by Crippen LogP contribution is 2.30. The van der Waals surface area contributed by atoms with Crippen LogP contribution in [0.15, 0.2) is 36.4 Å². The summed E-state index contributed by atoms with van der Waals surface area (Å²) >= 11 is 0. The number of carbonyl (C=O) groups is 1. The van der Waals surface area contributed by atoms with E-state index in [1.165, 1.54) is 0 Å². The molecule has 0 saturated heterocycles. The lowest BCUT2D eigenvalue weighted by Crippen LogP contribution is -2.41. The maximum atomic E-state index is 12.3. The van der Waals surface area contributed by atoms with Crippen molar-refractivity contribution >= 4 is 6.09 Å². The van der Waals surface area contributed by atoms with Crippen molar-refractivity contribution in [3.8, 4) is 17.3 Å². The van der Waals surface area contributed by atoms with E-state index < -0.39 is 5.60 Å². The molecule has 0 saturated carbocycles. The Morgan fingerprint density at radius 3 is 2.54 bits per heavy atom. The molecule has 1 aromatic heterocycles. The summed E-state index contributed by atoms with van der Waals surface area (Å²) in [6, 6.07) is 14.0. The number of fused-ring (bicyclic) bond motifs is 1. The van der Waals surface area contributed by atoms with Crippen LogP contribution in [0.1, 0.15) is 32.0 Å². The fourth-order valence-corrected chi connectivity index (χ4v) is 2.96. The highest BCUT2D eigenvalue weighted by molar-refractivity contribution is 5.71. The fraction of sp³-hybridized carbons (Fsp3) is 0.368. The number of nitrogens with zero attached hydrogens (tertiary/aromatic N) is 3. The van der Waals surface area contributed by atoms with Gasteiger partial charge in [-0.25, -0.2) is 4.79 Å². The second kappa shape index (κ2) is 6.04. The lowest BCUT2D eigenvalue weighted by molar-refractivity contribution is 0.0199. The molecule has 2 heterocycles. The van der Waals surface area contributed by atoms with E-state index >= 15 is 0 Å². The smallest absolute Gasteiger partial charge is 0.410 e. The first-order valence-corrected chi connectivity index (χ1v) is 8.05. The van der Waals surface area contributed by atoms with E-state index in [4.69, 9.17) is 4.74 Å². The van der Waals surface area contributed by atoms with Gasteiger partial charge in [0.15, 0.2) is 0 Å². The van der Waals surface area contributed by atoms with E-state index in [0.717, 1.165) is 17.0 Å². The molecule has 5 heteroatoms. The average molecular weight is 323 g/mol. The Hall–Kier alpha value is -2.74. The van der Waals surface area contributed by atoms with Gasteiger partial charge < -0.3 is 14.2 Å². The molecule has 0 unspecified atom stereocenters. The van der Waals surface area contributed by atoms with Crippen molar-refractivity contribution in [3.05, 3.63) is 47.7 Å². The second-order valence-electron chi connectivity index (χ2n) is 6.93. The molecule has 0 fully saturated rings. The van der Waals surface area contributed by atoms with Crippen LogP contribution in [0, 0.1) is 11.3 Å². The Labute approximate surface area is 142 Å². The summed E-state index contributed by atoms with van der Waals surface area (Å²) in [6.07, 6.45) is -0.310. The first kappa shape index (κ1) is 16.1. The molecule has 0 spiro atoms. The zero-order chi connectivity index (χ0) is 17.3. The molecule has 0 bridgehead atoms. The van der Waals surface area contributed by atoms with Gasteiger partial charge in [0.1, 0.15) is 11.7 Å². The molecule has 0 aliphatic carbocycles. The summed E-state index contributed by atoms with van der Waals surface area (Å²) in [7, 11) is 0. The number of benzene rings is 1. The quantitative estimate of drug-likeness (QED) is 0.802. The molecule has 1 aromatic carbocycles. The van der Waals surface area contributed by atoms with Gasteiger partial charge in [-0.15, -0.1) is 0 Å². The van der Waals surface area contributed by atoms with Gasteiger partial charge in [-0.2, -0.15) is 5.26 Å². The molecule has 1 aliphatic heterocycles. The van der Waals surface area contributed by atoms with Crippen molar-refractivity contribution < 1.29 is 9.53 Å². The van der Waals surface area contributed by atoms with E-state index in [1.807, 2.05) is 57.2 Å². The molecule has 0 N–H and O–H groups in total. The summed E-state index contributed by atoms with van der Waals surface area (Å²) in [5.41, 5.74) is 3.04. The molecule has 124 valence electrons. The molecular formula is C19H21N3O2. The second-order valence-corrected chi connectivity index (χ2v) is 6.93. The van der Waals surface area contributed by atoms with E-state index in [9.17, 15) is 10.1 Å². The van der Waals surface area contributed by atoms with Crippen LogP contribution >= 0.6 is 0 Å². The van der Waals surface area contributed by atoms with Crippen molar-refractivity contribution in [1.82, 2.24) is 9.47 Å². The van der Waals surface area contributed by atoms with Crippen LogP contribution in [0.3, 0.4) is 0 Å². The topological polar surface area (TPSA) is 58.3 Å². The monoisotopic (exact) mass is 323 g/mol. The van der Waals surface area contributed by atoms with Crippen LogP contribution in [-0.4, -0.2) is 27.7 Å². The summed E-state index contributed by atoms with van der Waals surface area (Å²) in [6.45, 7) is 7.26. The number of ether oxygens (including phenoxy) is 1. The predicted molar refractivity (Wildman–Crippen MR) is 91.2 cm³/mol. The van der Waals surface area contributed by atoms with Crippen LogP contribution < -0.4 is 0 Å². The van der Waals surface area contributed by atoms with Gasteiger partial charge in [0.2, 0.25) is 0 Å². The number of carbonyl (C=O) groups excluding carboxylic acids is 1. The molecule has 0 atom stereocenters. The first-order valence-electron chi connectivity index (χ1n) is 8.05. The van der Waals surface area contributed by atoms with Crippen molar-refractivity contribution in [2.75, 3.05) is 6.54 Å². The standard InChI is InChI=1S/C19H21N3O2/c1-19(2,3)24-18(23)21-9-10-22-16(13-21)11-15(12-20)17(22)14-7-5-4-6-8-14/h4-8,11H,9-10,13H2,1-3H3. The molecular weight excluding hydrogens is 302 g/mol. The Morgan fingerprint density at radius 2 is 1.92 bits per heavy atom. The van der Waals surface area contributed by atoms with Gasteiger partial charge in [-0.3, -0.25) is 0 Å². The fourth-order valence-electron chi connectivity index (χ4n) is 2.96. The molecule has 5 nitrogen and oxygen atoms in total. The number of hydrogen-bond donors (Lipinski definition) is 0. The SMILES string of the molecule is CC(C)(C)OC(=O)N1CCn2c(cc(C#N)c2-c2ccccc2)C1.